The van der Waals surface area contributed by atoms with Gasteiger partial charge in [-0.15, -0.1) is 6.58 Å². The summed E-state index contributed by atoms with van der Waals surface area (Å²) in [6, 6.07) is 0. The molecule has 0 bridgehead atoms. The van der Waals surface area contributed by atoms with Gasteiger partial charge in [0.2, 0.25) is 0 Å². The van der Waals surface area contributed by atoms with Crippen molar-refractivity contribution in [3.8, 4) is 0 Å². The van der Waals surface area contributed by atoms with Crippen LogP contribution in [0.4, 0.5) is 4.79 Å². The number of carboxylic acid groups (broad SMARTS) is 1. The first-order valence-corrected chi connectivity index (χ1v) is 2.81. The average molecular weight is 134 g/mol. The fourth-order valence-corrected chi connectivity index (χ4v) is 0.398. The first-order valence-electron chi connectivity index (χ1n) is 1.90. The third-order valence-corrected chi connectivity index (χ3v) is 0.948. The van der Waals surface area contributed by atoms with E-state index in [1.165, 1.54) is 0 Å². The van der Waals surface area contributed by atoms with E-state index in [1.54, 1.807) is 6.08 Å². The van der Waals surface area contributed by atoms with E-state index in [9.17, 15) is 4.79 Å². The Bertz CT molecular complexity index is 91.3. The van der Waals surface area contributed by atoms with Crippen molar-refractivity contribution < 1.29 is 14.1 Å². The van der Waals surface area contributed by atoms with Crippen molar-refractivity contribution in [3.63, 3.8) is 0 Å². The van der Waals surface area contributed by atoms with Gasteiger partial charge in [0.25, 0.3) is 0 Å². The maximum Gasteiger partial charge on any atom is 0.518 e. The van der Waals surface area contributed by atoms with E-state index in [0.717, 1.165) is 12.0 Å². The Kier molecular flexibility index (Phi) is 4.16. The quantitative estimate of drug-likeness (QED) is 0.361. The highest BCUT2D eigenvalue weighted by molar-refractivity contribution is 7.95. The van der Waals surface area contributed by atoms with Gasteiger partial charge >= 0.3 is 6.16 Å². The van der Waals surface area contributed by atoms with Crippen LogP contribution >= 0.6 is 12.0 Å². The van der Waals surface area contributed by atoms with Crippen molar-refractivity contribution >= 4 is 18.2 Å². The lowest BCUT2D eigenvalue weighted by Crippen LogP contribution is -1.91. The molecular weight excluding hydrogens is 128 g/mol. The maximum absolute atomic E-state index is 9.60. The molecule has 0 radical (unpaired) electrons. The first kappa shape index (κ1) is 7.36. The summed E-state index contributed by atoms with van der Waals surface area (Å²) >= 11 is 0.844. The van der Waals surface area contributed by atoms with Crippen LogP contribution in [0.5, 0.6) is 0 Å². The largest absolute Gasteiger partial charge is 0.518 e. The van der Waals surface area contributed by atoms with E-state index in [0.29, 0.717) is 5.75 Å². The molecule has 0 aromatic heterocycles. The fraction of sp³-hybridized carbons (Fsp3) is 0.250. The summed E-state index contributed by atoms with van der Waals surface area (Å²) in [7, 11) is 0. The van der Waals surface area contributed by atoms with Gasteiger partial charge in [-0.2, -0.15) is 0 Å². The third kappa shape index (κ3) is 5.36. The molecule has 46 valence electrons. The van der Waals surface area contributed by atoms with Crippen LogP contribution < -0.4 is 0 Å². The molecule has 1 N–H and O–H groups in total. The molecule has 0 unspecified atom stereocenters. The predicted octanol–water partition coefficient (Wildman–Crippen LogP) is 1.52. The van der Waals surface area contributed by atoms with Gasteiger partial charge in [0, 0.05) is 5.75 Å². The van der Waals surface area contributed by atoms with Gasteiger partial charge in [0.15, 0.2) is 0 Å². The zero-order valence-corrected chi connectivity index (χ0v) is 4.98. The number of hydrogen-bond acceptors (Lipinski definition) is 3. The smallest absolute Gasteiger partial charge is 0.449 e. The van der Waals surface area contributed by atoms with Crippen molar-refractivity contribution in [3.05, 3.63) is 12.7 Å². The van der Waals surface area contributed by atoms with E-state index in [4.69, 9.17) is 5.11 Å². The third-order valence-electron chi connectivity index (χ3n) is 0.316. The van der Waals surface area contributed by atoms with Crippen LogP contribution in [0, 0.1) is 0 Å². The van der Waals surface area contributed by atoms with Crippen LogP contribution in [0.15, 0.2) is 12.7 Å². The Labute approximate surface area is 51.5 Å². The highest BCUT2D eigenvalue weighted by Crippen LogP contribution is 2.00. The van der Waals surface area contributed by atoms with Crippen LogP contribution in [-0.4, -0.2) is 17.0 Å². The van der Waals surface area contributed by atoms with Crippen molar-refractivity contribution in [1.82, 2.24) is 0 Å². The van der Waals surface area contributed by atoms with Gasteiger partial charge in [-0.1, -0.05) is 6.08 Å². The summed E-state index contributed by atoms with van der Waals surface area (Å²) in [6.45, 7) is 3.36. The van der Waals surface area contributed by atoms with Crippen molar-refractivity contribution in [2.75, 3.05) is 5.75 Å². The van der Waals surface area contributed by atoms with Crippen LogP contribution in [-0.2, 0) is 4.18 Å². The summed E-state index contributed by atoms with van der Waals surface area (Å²) in [4.78, 5) is 9.60. The van der Waals surface area contributed by atoms with Gasteiger partial charge < -0.3 is 9.29 Å². The Morgan fingerprint density at radius 1 is 2.00 bits per heavy atom. The molecule has 0 heterocycles. The second-order valence-electron chi connectivity index (χ2n) is 0.922. The molecule has 4 heteroatoms. The molecule has 0 spiro atoms. The Morgan fingerprint density at radius 3 is 3.00 bits per heavy atom. The van der Waals surface area contributed by atoms with Gasteiger partial charge in [0.1, 0.15) is 0 Å². The second kappa shape index (κ2) is 4.52. The van der Waals surface area contributed by atoms with E-state index in [-0.39, 0.29) is 0 Å². The molecule has 0 aliphatic heterocycles. The summed E-state index contributed by atoms with van der Waals surface area (Å²) in [5.74, 6) is 0.492. The molecule has 8 heavy (non-hydrogen) atoms. The highest BCUT2D eigenvalue weighted by Gasteiger charge is 1.92. The van der Waals surface area contributed by atoms with Crippen LogP contribution in [0.3, 0.4) is 0 Å². The molecule has 0 aromatic rings. The van der Waals surface area contributed by atoms with E-state index in [2.05, 4.69) is 10.8 Å². The van der Waals surface area contributed by atoms with E-state index < -0.39 is 6.16 Å². The molecule has 0 saturated carbocycles. The van der Waals surface area contributed by atoms with E-state index >= 15 is 0 Å². The topological polar surface area (TPSA) is 46.5 Å². The standard InChI is InChI=1S/C4H6O3S/c1-2-3-8-7-4(5)6/h2H,1,3H2,(H,5,6). The molecule has 0 aromatic carbocycles. The zero-order valence-electron chi connectivity index (χ0n) is 4.16. The molecule has 0 aliphatic carbocycles. The average Bonchev–Trinajstić information content (AvgIpc) is 1.66. The summed E-state index contributed by atoms with van der Waals surface area (Å²) < 4.78 is 4.04. The summed E-state index contributed by atoms with van der Waals surface area (Å²) in [5, 5.41) is 7.86. The number of rotatable bonds is 3. The normalized spacial score (nSPS) is 8.00. The van der Waals surface area contributed by atoms with Crippen LogP contribution in [0.25, 0.3) is 0 Å². The van der Waals surface area contributed by atoms with Gasteiger partial charge in [-0.05, 0) is 0 Å². The number of carbonyl (C=O) groups is 1. The molecule has 3 nitrogen and oxygen atoms in total. The lowest BCUT2D eigenvalue weighted by Gasteiger charge is -1.90. The lowest BCUT2D eigenvalue weighted by molar-refractivity contribution is 0.153. The predicted molar refractivity (Wildman–Crippen MR) is 31.8 cm³/mol. The highest BCUT2D eigenvalue weighted by atomic mass is 32.2. The van der Waals surface area contributed by atoms with Crippen LogP contribution in [0.1, 0.15) is 0 Å². The fourth-order valence-electron chi connectivity index (χ4n) is 0.133. The van der Waals surface area contributed by atoms with Crippen molar-refractivity contribution in [2.24, 2.45) is 0 Å². The Balaban J connectivity index is 2.93. The van der Waals surface area contributed by atoms with Gasteiger partial charge in [0.05, 0.1) is 12.0 Å². The van der Waals surface area contributed by atoms with Gasteiger partial charge in [-0.3, -0.25) is 0 Å². The Hall–Kier alpha value is -0.640. The first-order chi connectivity index (χ1) is 3.77. The zero-order chi connectivity index (χ0) is 6.41. The molecule has 0 fully saturated rings. The minimum atomic E-state index is -1.27. The summed E-state index contributed by atoms with van der Waals surface area (Å²) in [5.41, 5.74) is 0. The van der Waals surface area contributed by atoms with E-state index in [1.807, 2.05) is 0 Å². The Morgan fingerprint density at radius 2 is 2.62 bits per heavy atom. The lowest BCUT2D eigenvalue weighted by atomic mass is 10.8. The molecule has 0 amide bonds. The van der Waals surface area contributed by atoms with Crippen molar-refractivity contribution in [2.45, 2.75) is 0 Å². The van der Waals surface area contributed by atoms with Crippen LogP contribution in [0.2, 0.25) is 0 Å². The maximum atomic E-state index is 9.60. The molecular formula is C4H6O3S. The second-order valence-corrected chi connectivity index (χ2v) is 1.66. The van der Waals surface area contributed by atoms with Crippen molar-refractivity contribution in [1.29, 1.82) is 0 Å². The SMILES string of the molecule is C=CCSOC(=O)O. The minimum absolute atomic E-state index is 0.492. The number of hydrogen-bond donors (Lipinski definition) is 1. The monoisotopic (exact) mass is 134 g/mol. The molecule has 0 aliphatic rings. The minimum Gasteiger partial charge on any atom is -0.449 e. The summed E-state index contributed by atoms with van der Waals surface area (Å²) in [6.07, 6.45) is 0.296. The molecule has 0 atom stereocenters. The molecule has 0 rings (SSSR count). The molecule has 0 saturated heterocycles. The van der Waals surface area contributed by atoms with Gasteiger partial charge in [-0.25, -0.2) is 4.79 Å².